The van der Waals surface area contributed by atoms with E-state index in [2.05, 4.69) is 0 Å². The van der Waals surface area contributed by atoms with E-state index in [0.717, 1.165) is 0 Å². The molecule has 0 amide bonds. The zero-order valence-electron chi connectivity index (χ0n) is 9.94. The van der Waals surface area contributed by atoms with E-state index < -0.39 is 49.5 Å². The fourth-order valence-corrected chi connectivity index (χ4v) is 1.63. The third kappa shape index (κ3) is 3.91. The van der Waals surface area contributed by atoms with Crippen molar-refractivity contribution in [2.75, 3.05) is 13.2 Å². The molecule has 6 N–H and O–H groups in total. The van der Waals surface area contributed by atoms with Gasteiger partial charge < -0.3 is 44.9 Å². The molecule has 9 heteroatoms. The number of carbonyl (C=O) groups is 1. The van der Waals surface area contributed by atoms with E-state index in [1.165, 1.54) is 0 Å². The van der Waals surface area contributed by atoms with Crippen molar-refractivity contribution in [3.8, 4) is 0 Å². The van der Waals surface area contributed by atoms with Crippen LogP contribution < -0.4 is 0 Å². The molecule has 0 aromatic rings. The van der Waals surface area contributed by atoms with E-state index in [0.29, 0.717) is 0 Å². The van der Waals surface area contributed by atoms with Gasteiger partial charge >= 0.3 is 0 Å². The van der Waals surface area contributed by atoms with Gasteiger partial charge in [0.1, 0.15) is 36.6 Å². The second kappa shape index (κ2) is 7.22. The Morgan fingerprint density at radius 1 is 1.26 bits per heavy atom. The fraction of sp³-hybridized carbons (Fsp3) is 0.900. The zero-order valence-corrected chi connectivity index (χ0v) is 9.94. The van der Waals surface area contributed by atoms with E-state index in [1.54, 1.807) is 0 Å². The summed E-state index contributed by atoms with van der Waals surface area (Å²) in [6, 6.07) is 0. The van der Waals surface area contributed by atoms with E-state index in [1.807, 2.05) is 0 Å². The van der Waals surface area contributed by atoms with Crippen LogP contribution in [0.25, 0.3) is 0 Å². The van der Waals surface area contributed by atoms with Gasteiger partial charge in [-0.15, -0.1) is 0 Å². The quantitative estimate of drug-likeness (QED) is 0.265. The lowest BCUT2D eigenvalue weighted by Crippen LogP contribution is -2.56. The molecule has 1 heterocycles. The maximum atomic E-state index is 10.5. The Morgan fingerprint density at radius 3 is 2.42 bits per heavy atom. The van der Waals surface area contributed by atoms with Crippen LogP contribution in [0.5, 0.6) is 0 Å². The summed E-state index contributed by atoms with van der Waals surface area (Å²) in [7, 11) is 0. The first-order valence-electron chi connectivity index (χ1n) is 5.66. The van der Waals surface area contributed by atoms with Crippen molar-refractivity contribution in [1.82, 2.24) is 0 Å². The molecule has 0 spiro atoms. The van der Waals surface area contributed by atoms with Gasteiger partial charge in [-0.05, 0) is 0 Å². The topological polar surface area (TPSA) is 157 Å². The summed E-state index contributed by atoms with van der Waals surface area (Å²) in [6.07, 6.45) is -10.7. The Kier molecular flexibility index (Phi) is 6.23. The fourth-order valence-electron chi connectivity index (χ4n) is 1.63. The van der Waals surface area contributed by atoms with Crippen LogP contribution in [-0.4, -0.2) is 93.1 Å². The van der Waals surface area contributed by atoms with Crippen molar-refractivity contribution in [3.63, 3.8) is 0 Å². The van der Waals surface area contributed by atoms with Gasteiger partial charge in [0.25, 0.3) is 0 Å². The second-order valence-electron chi connectivity index (χ2n) is 4.23. The minimum atomic E-state index is -1.75. The van der Waals surface area contributed by atoms with Gasteiger partial charge in [0.2, 0.25) is 0 Å². The highest BCUT2D eigenvalue weighted by molar-refractivity contribution is 5.56. The lowest BCUT2D eigenvalue weighted by molar-refractivity contribution is -0.297. The molecule has 0 radical (unpaired) electrons. The van der Waals surface area contributed by atoms with E-state index in [9.17, 15) is 30.3 Å². The summed E-state index contributed by atoms with van der Waals surface area (Å²) < 4.78 is 9.88. The molecule has 1 rings (SSSR count). The van der Waals surface area contributed by atoms with E-state index in [-0.39, 0.29) is 12.9 Å². The van der Waals surface area contributed by atoms with Crippen molar-refractivity contribution >= 4 is 6.29 Å². The highest BCUT2D eigenvalue weighted by atomic mass is 16.7. The molecule has 0 aromatic heterocycles. The van der Waals surface area contributed by atoms with Crippen LogP contribution in [0.1, 0.15) is 0 Å². The number of aldehydes is 1. The number of carbonyl (C=O) groups excluding carboxylic acids is 1. The average Bonchev–Trinajstić information content (AvgIpc) is 2.42. The third-order valence-corrected chi connectivity index (χ3v) is 2.79. The molecule has 9 nitrogen and oxygen atoms in total. The summed E-state index contributed by atoms with van der Waals surface area (Å²) in [5.74, 6) is 0. The van der Waals surface area contributed by atoms with Crippen molar-refractivity contribution in [2.45, 2.75) is 42.9 Å². The summed E-state index contributed by atoms with van der Waals surface area (Å²) in [5, 5.41) is 55.8. The van der Waals surface area contributed by atoms with E-state index in [4.69, 9.17) is 14.6 Å². The Bertz CT molecular complexity index is 286. The van der Waals surface area contributed by atoms with E-state index >= 15 is 0 Å². The number of rotatable bonds is 6. The monoisotopic (exact) mass is 282 g/mol. The maximum absolute atomic E-state index is 10.5. The molecule has 1 aliphatic heterocycles. The van der Waals surface area contributed by atoms with Crippen molar-refractivity contribution in [3.05, 3.63) is 0 Å². The molecule has 0 bridgehead atoms. The number of aliphatic hydroxyl groups is 6. The summed E-state index contributed by atoms with van der Waals surface area (Å²) in [4.78, 5) is 10.5. The standard InChI is InChI=1S/C10H18O9/c11-1-4(13)9(5(14)2-12)19-10-8(17)7(16)6(15)3-18-10/h1,4-10,12-17H,2-3H2/t4-,5-,6-,7-,8+,9+,10+/m0/s1. The number of hydrogen-bond acceptors (Lipinski definition) is 9. The van der Waals surface area contributed by atoms with Crippen molar-refractivity contribution < 1.29 is 44.9 Å². The van der Waals surface area contributed by atoms with Gasteiger partial charge in [-0.1, -0.05) is 0 Å². The average molecular weight is 282 g/mol. The van der Waals surface area contributed by atoms with Gasteiger partial charge in [0.05, 0.1) is 13.2 Å². The highest BCUT2D eigenvalue weighted by Crippen LogP contribution is 2.19. The van der Waals surface area contributed by atoms with Crippen LogP contribution in [0.2, 0.25) is 0 Å². The molecule has 112 valence electrons. The van der Waals surface area contributed by atoms with Crippen molar-refractivity contribution in [1.29, 1.82) is 0 Å². The van der Waals surface area contributed by atoms with Gasteiger partial charge in [0.15, 0.2) is 12.6 Å². The minimum absolute atomic E-state index is 0.0873. The molecule has 1 saturated heterocycles. The molecular formula is C10H18O9. The van der Waals surface area contributed by atoms with Gasteiger partial charge in [-0.2, -0.15) is 0 Å². The Balaban J connectivity index is 2.70. The Morgan fingerprint density at radius 2 is 1.89 bits per heavy atom. The number of ether oxygens (including phenoxy) is 2. The second-order valence-corrected chi connectivity index (χ2v) is 4.23. The summed E-state index contributed by atoms with van der Waals surface area (Å²) in [5.41, 5.74) is 0. The Labute approximate surface area is 108 Å². The first-order valence-corrected chi connectivity index (χ1v) is 5.66. The van der Waals surface area contributed by atoms with Crippen molar-refractivity contribution in [2.24, 2.45) is 0 Å². The van der Waals surface area contributed by atoms with Crippen LogP contribution in [0, 0.1) is 0 Å². The molecule has 1 aliphatic rings. The molecule has 0 aliphatic carbocycles. The van der Waals surface area contributed by atoms with Gasteiger partial charge in [-0.3, -0.25) is 0 Å². The highest BCUT2D eigenvalue weighted by Gasteiger charge is 2.41. The molecule has 19 heavy (non-hydrogen) atoms. The molecular weight excluding hydrogens is 264 g/mol. The predicted molar refractivity (Wildman–Crippen MR) is 57.8 cm³/mol. The molecule has 1 fully saturated rings. The third-order valence-electron chi connectivity index (χ3n) is 2.79. The van der Waals surface area contributed by atoms with Crippen LogP contribution in [0.15, 0.2) is 0 Å². The van der Waals surface area contributed by atoms with Gasteiger partial charge in [0, 0.05) is 0 Å². The predicted octanol–water partition coefficient (Wildman–Crippen LogP) is -4.28. The maximum Gasteiger partial charge on any atom is 0.186 e. The molecule has 7 atom stereocenters. The van der Waals surface area contributed by atoms with Gasteiger partial charge in [-0.25, -0.2) is 0 Å². The molecule has 0 aromatic carbocycles. The zero-order chi connectivity index (χ0) is 14.6. The number of hydrogen-bond donors (Lipinski definition) is 6. The van der Waals surface area contributed by atoms with Crippen LogP contribution in [0.4, 0.5) is 0 Å². The lowest BCUT2D eigenvalue weighted by atomic mass is 10.0. The summed E-state index contributed by atoms with van der Waals surface area (Å²) in [6.45, 7) is -1.12. The molecule has 0 saturated carbocycles. The minimum Gasteiger partial charge on any atom is -0.394 e. The Hall–Kier alpha value is -0.650. The smallest absolute Gasteiger partial charge is 0.186 e. The van der Waals surface area contributed by atoms with Crippen LogP contribution in [-0.2, 0) is 14.3 Å². The first kappa shape index (κ1) is 16.4. The summed E-state index contributed by atoms with van der Waals surface area (Å²) >= 11 is 0. The lowest BCUT2D eigenvalue weighted by Gasteiger charge is -2.37. The van der Waals surface area contributed by atoms with Crippen LogP contribution in [0.3, 0.4) is 0 Å². The molecule has 0 unspecified atom stereocenters. The largest absolute Gasteiger partial charge is 0.394 e. The normalized spacial score (nSPS) is 36.5. The number of aliphatic hydroxyl groups excluding tert-OH is 6. The SMILES string of the molecule is O=C[C@H](O)[C@@H](O[C@H]1OC[C@H](O)[C@H](O)[C@H]1O)[C@@H](O)CO. The van der Waals surface area contributed by atoms with Crippen LogP contribution >= 0.6 is 0 Å². The first-order chi connectivity index (χ1) is 8.92.